The van der Waals surface area contributed by atoms with Crippen molar-refractivity contribution < 1.29 is 23.4 Å². The van der Waals surface area contributed by atoms with Crippen LogP contribution in [-0.4, -0.2) is 34.5 Å². The number of nitrogens with zero attached hydrogens (tertiary/aromatic N) is 1. The largest absolute Gasteiger partial charge is 0.416 e. The lowest BCUT2D eigenvalue weighted by Crippen LogP contribution is -2.35. The molecule has 0 aliphatic carbocycles. The first kappa shape index (κ1) is 21.4. The van der Waals surface area contributed by atoms with Crippen LogP contribution < -0.4 is 10.0 Å². The summed E-state index contributed by atoms with van der Waals surface area (Å²) in [5, 5.41) is 22.2. The van der Waals surface area contributed by atoms with Gasteiger partial charge in [0, 0.05) is 16.8 Å². The molecule has 1 aromatic heterocycles. The lowest BCUT2D eigenvalue weighted by Gasteiger charge is -2.14. The van der Waals surface area contributed by atoms with Gasteiger partial charge in [0.2, 0.25) is 0 Å². The minimum Gasteiger partial charge on any atom is -0.395 e. The Hall–Kier alpha value is -2.33. The molecule has 0 aliphatic rings. The summed E-state index contributed by atoms with van der Waals surface area (Å²) in [6, 6.07) is 13.9. The average Bonchev–Trinajstić information content (AvgIpc) is 2.72. The molecule has 2 aromatic carbocycles. The van der Waals surface area contributed by atoms with Gasteiger partial charge in [0.25, 0.3) is 0 Å². The Balaban J connectivity index is 1.74. The number of aliphatic hydroxyl groups is 2. The molecular weight excluding hydrogens is 403 g/mol. The monoisotopic (exact) mass is 423 g/mol. The second-order valence-corrected chi connectivity index (χ2v) is 7.23. The van der Waals surface area contributed by atoms with Gasteiger partial charge in [-0.05, 0) is 48.3 Å². The molecule has 0 fully saturated rings. The predicted octanol–water partition coefficient (Wildman–Crippen LogP) is 3.82. The standard InChI is InChI=1S/C20H20F3N3O2S/c21-20(22,23)14-5-8-17(9-6-14)29-26-18-3-1-2-13-4-7-15(25-19(13)18)10-24-16(11-27)12-28/h1-9,16,24,26-28H,10-12H2. The van der Waals surface area contributed by atoms with Crippen LogP contribution in [0.2, 0.25) is 0 Å². The van der Waals surface area contributed by atoms with E-state index in [0.29, 0.717) is 11.4 Å². The number of halogens is 3. The van der Waals surface area contributed by atoms with E-state index < -0.39 is 17.8 Å². The highest BCUT2D eigenvalue weighted by Crippen LogP contribution is 2.32. The number of aromatic nitrogens is 1. The second-order valence-electron chi connectivity index (χ2n) is 6.35. The number of hydrogen-bond donors (Lipinski definition) is 4. The maximum atomic E-state index is 12.7. The van der Waals surface area contributed by atoms with E-state index in [4.69, 9.17) is 10.2 Å². The Morgan fingerprint density at radius 3 is 2.34 bits per heavy atom. The highest BCUT2D eigenvalue weighted by atomic mass is 32.2. The van der Waals surface area contributed by atoms with Gasteiger partial charge in [-0.1, -0.05) is 18.2 Å². The molecule has 3 aromatic rings. The van der Waals surface area contributed by atoms with Crippen molar-refractivity contribution >= 4 is 28.5 Å². The van der Waals surface area contributed by atoms with E-state index in [1.165, 1.54) is 24.1 Å². The molecular formula is C20H20F3N3O2S. The van der Waals surface area contributed by atoms with Gasteiger partial charge in [-0.15, -0.1) is 0 Å². The zero-order chi connectivity index (χ0) is 20.9. The van der Waals surface area contributed by atoms with Crippen LogP contribution in [0.3, 0.4) is 0 Å². The lowest BCUT2D eigenvalue weighted by molar-refractivity contribution is -0.137. The normalized spacial score (nSPS) is 11.9. The number of hydrogen-bond acceptors (Lipinski definition) is 6. The lowest BCUT2D eigenvalue weighted by atomic mass is 10.1. The molecule has 0 atom stereocenters. The number of benzene rings is 2. The third-order valence-electron chi connectivity index (χ3n) is 4.25. The van der Waals surface area contributed by atoms with Crippen molar-refractivity contribution in [3.63, 3.8) is 0 Å². The topological polar surface area (TPSA) is 77.4 Å². The van der Waals surface area contributed by atoms with E-state index in [9.17, 15) is 13.2 Å². The van der Waals surface area contributed by atoms with Crippen LogP contribution in [0.15, 0.2) is 59.5 Å². The molecule has 0 saturated heterocycles. The Labute approximate surface area is 170 Å². The maximum Gasteiger partial charge on any atom is 0.416 e. The Morgan fingerprint density at radius 1 is 0.966 bits per heavy atom. The van der Waals surface area contributed by atoms with Crippen LogP contribution in [0.4, 0.5) is 18.9 Å². The number of pyridine rings is 1. The fourth-order valence-corrected chi connectivity index (χ4v) is 3.29. The molecule has 3 rings (SSSR count). The fraction of sp³-hybridized carbons (Fsp3) is 0.250. The number of para-hydroxylation sites is 1. The minimum atomic E-state index is -4.36. The van der Waals surface area contributed by atoms with Crippen molar-refractivity contribution in [1.29, 1.82) is 0 Å². The Kier molecular flexibility index (Phi) is 6.96. The first-order valence-corrected chi connectivity index (χ1v) is 9.66. The van der Waals surface area contributed by atoms with Crippen molar-refractivity contribution in [2.75, 3.05) is 17.9 Å². The minimum absolute atomic E-state index is 0.180. The van der Waals surface area contributed by atoms with Gasteiger partial charge >= 0.3 is 6.18 Å². The summed E-state index contributed by atoms with van der Waals surface area (Å²) < 4.78 is 41.2. The van der Waals surface area contributed by atoms with E-state index in [-0.39, 0.29) is 13.2 Å². The fourth-order valence-electron chi connectivity index (χ4n) is 2.63. The molecule has 154 valence electrons. The molecule has 0 unspecified atom stereocenters. The van der Waals surface area contributed by atoms with Gasteiger partial charge in [-0.3, -0.25) is 0 Å². The first-order chi connectivity index (χ1) is 13.9. The second kappa shape index (κ2) is 9.45. The molecule has 5 nitrogen and oxygen atoms in total. The van der Waals surface area contributed by atoms with Gasteiger partial charge in [0.05, 0.1) is 41.7 Å². The highest BCUT2D eigenvalue weighted by Gasteiger charge is 2.29. The summed E-state index contributed by atoms with van der Waals surface area (Å²) in [6.45, 7) is 0.0173. The third kappa shape index (κ3) is 5.60. The van der Waals surface area contributed by atoms with Gasteiger partial charge in [-0.25, -0.2) is 4.98 Å². The quantitative estimate of drug-likeness (QED) is 0.413. The molecule has 0 spiro atoms. The number of alkyl halides is 3. The predicted molar refractivity (Wildman–Crippen MR) is 107 cm³/mol. The highest BCUT2D eigenvalue weighted by molar-refractivity contribution is 8.00. The summed E-state index contributed by atoms with van der Waals surface area (Å²) >= 11 is 1.20. The van der Waals surface area contributed by atoms with Crippen LogP contribution in [0.25, 0.3) is 10.9 Å². The van der Waals surface area contributed by atoms with Gasteiger partial charge in [-0.2, -0.15) is 13.2 Å². The Morgan fingerprint density at radius 2 is 1.69 bits per heavy atom. The van der Waals surface area contributed by atoms with Crippen molar-refractivity contribution in [1.82, 2.24) is 10.3 Å². The van der Waals surface area contributed by atoms with Gasteiger partial charge in [0.1, 0.15) is 0 Å². The summed E-state index contributed by atoms with van der Waals surface area (Å²) in [7, 11) is 0. The molecule has 29 heavy (non-hydrogen) atoms. The molecule has 0 bridgehead atoms. The van der Waals surface area contributed by atoms with Crippen molar-refractivity contribution in [2.24, 2.45) is 0 Å². The van der Waals surface area contributed by atoms with E-state index in [0.717, 1.165) is 34.4 Å². The molecule has 0 radical (unpaired) electrons. The summed E-state index contributed by atoms with van der Waals surface area (Å²) in [4.78, 5) is 5.26. The van der Waals surface area contributed by atoms with Crippen LogP contribution in [0.1, 0.15) is 11.3 Å². The van der Waals surface area contributed by atoms with E-state index >= 15 is 0 Å². The number of nitrogens with one attached hydrogen (secondary N) is 2. The van der Waals surface area contributed by atoms with Crippen LogP contribution in [-0.2, 0) is 12.7 Å². The van der Waals surface area contributed by atoms with Crippen molar-refractivity contribution in [2.45, 2.75) is 23.7 Å². The molecule has 9 heteroatoms. The number of anilines is 1. The molecule has 0 aliphatic heterocycles. The van der Waals surface area contributed by atoms with Crippen LogP contribution in [0.5, 0.6) is 0 Å². The maximum absolute atomic E-state index is 12.7. The van der Waals surface area contributed by atoms with E-state index in [1.54, 1.807) is 0 Å². The van der Waals surface area contributed by atoms with Crippen molar-refractivity contribution in [3.05, 3.63) is 65.9 Å². The number of rotatable bonds is 8. The molecule has 1 heterocycles. The van der Waals surface area contributed by atoms with Gasteiger partial charge in [0.15, 0.2) is 0 Å². The molecule has 0 saturated carbocycles. The molecule has 0 amide bonds. The molecule has 4 N–H and O–H groups in total. The van der Waals surface area contributed by atoms with Crippen LogP contribution >= 0.6 is 11.9 Å². The summed E-state index contributed by atoms with van der Waals surface area (Å²) in [5.74, 6) is 0. The average molecular weight is 423 g/mol. The first-order valence-electron chi connectivity index (χ1n) is 8.84. The SMILES string of the molecule is OCC(CO)NCc1ccc2cccc(NSc3ccc(C(F)(F)F)cc3)c2n1. The van der Waals surface area contributed by atoms with Crippen LogP contribution in [0, 0.1) is 0 Å². The summed E-state index contributed by atoms with van der Waals surface area (Å²) in [5.41, 5.74) is 1.50. The number of aliphatic hydroxyl groups excluding tert-OH is 2. The zero-order valence-electron chi connectivity index (χ0n) is 15.3. The van der Waals surface area contributed by atoms with Crippen molar-refractivity contribution in [3.8, 4) is 0 Å². The third-order valence-corrected chi connectivity index (χ3v) is 5.08. The van der Waals surface area contributed by atoms with E-state index in [2.05, 4.69) is 15.0 Å². The summed E-state index contributed by atoms with van der Waals surface area (Å²) in [6.07, 6.45) is -4.36. The Bertz CT molecular complexity index is 948. The van der Waals surface area contributed by atoms with Gasteiger partial charge < -0.3 is 20.3 Å². The smallest absolute Gasteiger partial charge is 0.395 e. The number of fused-ring (bicyclic) bond motifs is 1. The van der Waals surface area contributed by atoms with E-state index in [1.807, 2.05) is 30.3 Å². The zero-order valence-corrected chi connectivity index (χ0v) is 16.1.